The first-order valence-electron chi connectivity index (χ1n) is 5.28. The lowest BCUT2D eigenvalue weighted by Gasteiger charge is -2.12. The zero-order valence-electron chi connectivity index (χ0n) is 9.75. The molecule has 16 heavy (non-hydrogen) atoms. The molecule has 0 aliphatic heterocycles. The highest BCUT2D eigenvalue weighted by Gasteiger charge is 2.18. The summed E-state index contributed by atoms with van der Waals surface area (Å²) in [5, 5.41) is 12.1. The summed E-state index contributed by atoms with van der Waals surface area (Å²) in [6.07, 6.45) is 1.69. The molecule has 0 amide bonds. The van der Waals surface area contributed by atoms with Crippen LogP contribution in [0.5, 0.6) is 0 Å². The van der Waals surface area contributed by atoms with Crippen LogP contribution in [0.25, 0.3) is 0 Å². The smallest absolute Gasteiger partial charge is 0.0910 e. The molecular formula is C10H16N6. The Labute approximate surface area is 94.1 Å². The second-order valence-corrected chi connectivity index (χ2v) is 3.79. The van der Waals surface area contributed by atoms with E-state index in [4.69, 9.17) is 5.73 Å². The Morgan fingerprint density at radius 1 is 1.44 bits per heavy atom. The molecule has 1 atom stereocenters. The number of rotatable bonds is 3. The highest BCUT2D eigenvalue weighted by molar-refractivity contribution is 5.21. The van der Waals surface area contributed by atoms with E-state index in [2.05, 4.69) is 15.4 Å². The lowest BCUT2D eigenvalue weighted by atomic mass is 10.1. The van der Waals surface area contributed by atoms with Gasteiger partial charge in [0.15, 0.2) is 0 Å². The molecule has 2 heterocycles. The van der Waals surface area contributed by atoms with Crippen LogP contribution >= 0.6 is 0 Å². The summed E-state index contributed by atoms with van der Waals surface area (Å²) in [5.74, 6) is 0. The molecule has 0 saturated heterocycles. The first-order valence-corrected chi connectivity index (χ1v) is 5.28. The lowest BCUT2D eigenvalue weighted by Crippen LogP contribution is -2.19. The van der Waals surface area contributed by atoms with Crippen LogP contribution in [0.1, 0.15) is 30.0 Å². The number of hydrogen-bond acceptors (Lipinski definition) is 4. The van der Waals surface area contributed by atoms with E-state index in [9.17, 15) is 0 Å². The molecule has 2 N–H and O–H groups in total. The summed E-state index contributed by atoms with van der Waals surface area (Å²) in [6, 6.07) is 1.77. The molecule has 0 spiro atoms. The first kappa shape index (κ1) is 10.8. The molecule has 6 heteroatoms. The van der Waals surface area contributed by atoms with Crippen molar-refractivity contribution in [2.75, 3.05) is 0 Å². The van der Waals surface area contributed by atoms with Gasteiger partial charge in [0.2, 0.25) is 0 Å². The Hall–Kier alpha value is -1.69. The van der Waals surface area contributed by atoms with Crippen molar-refractivity contribution in [3.63, 3.8) is 0 Å². The predicted octanol–water partition coefficient (Wildman–Crippen LogP) is 0.388. The van der Waals surface area contributed by atoms with E-state index in [1.165, 1.54) is 0 Å². The molecule has 0 aliphatic rings. The van der Waals surface area contributed by atoms with Gasteiger partial charge in [0.25, 0.3) is 0 Å². The molecule has 86 valence electrons. The lowest BCUT2D eigenvalue weighted by molar-refractivity contribution is 0.574. The Morgan fingerprint density at radius 2 is 2.19 bits per heavy atom. The van der Waals surface area contributed by atoms with Gasteiger partial charge < -0.3 is 5.73 Å². The van der Waals surface area contributed by atoms with Gasteiger partial charge in [0, 0.05) is 13.6 Å². The predicted molar refractivity (Wildman–Crippen MR) is 59.7 cm³/mol. The van der Waals surface area contributed by atoms with Gasteiger partial charge in [-0.2, -0.15) is 5.10 Å². The first-order chi connectivity index (χ1) is 7.63. The average molecular weight is 220 g/mol. The van der Waals surface area contributed by atoms with Crippen LogP contribution in [0.15, 0.2) is 12.3 Å². The summed E-state index contributed by atoms with van der Waals surface area (Å²) in [7, 11) is 1.84. The molecule has 0 aliphatic carbocycles. The molecule has 0 saturated carbocycles. The van der Waals surface area contributed by atoms with Crippen molar-refractivity contribution in [1.29, 1.82) is 0 Å². The Balaban J connectivity index is 2.40. The van der Waals surface area contributed by atoms with Gasteiger partial charge >= 0.3 is 0 Å². The van der Waals surface area contributed by atoms with Crippen LogP contribution in [0.4, 0.5) is 0 Å². The van der Waals surface area contributed by atoms with E-state index in [-0.39, 0.29) is 6.04 Å². The van der Waals surface area contributed by atoms with Crippen LogP contribution in [0.3, 0.4) is 0 Å². The number of aromatic nitrogens is 5. The van der Waals surface area contributed by atoms with Crippen molar-refractivity contribution in [2.24, 2.45) is 12.8 Å². The fourth-order valence-corrected chi connectivity index (χ4v) is 1.80. The molecule has 1 unspecified atom stereocenters. The summed E-state index contributed by atoms with van der Waals surface area (Å²) >= 11 is 0. The maximum Gasteiger partial charge on any atom is 0.0910 e. The second kappa shape index (κ2) is 4.05. The highest BCUT2D eigenvalue weighted by Crippen LogP contribution is 2.18. The van der Waals surface area contributed by atoms with E-state index in [1.54, 1.807) is 10.9 Å². The van der Waals surface area contributed by atoms with Crippen molar-refractivity contribution < 1.29 is 0 Å². The Morgan fingerprint density at radius 3 is 2.75 bits per heavy atom. The van der Waals surface area contributed by atoms with Gasteiger partial charge in [-0.05, 0) is 19.9 Å². The van der Waals surface area contributed by atoms with Crippen molar-refractivity contribution in [3.05, 3.63) is 29.3 Å². The largest absolute Gasteiger partial charge is 0.318 e. The van der Waals surface area contributed by atoms with Crippen molar-refractivity contribution in [2.45, 2.75) is 26.4 Å². The van der Waals surface area contributed by atoms with Crippen molar-refractivity contribution in [3.8, 4) is 0 Å². The maximum absolute atomic E-state index is 6.19. The van der Waals surface area contributed by atoms with Gasteiger partial charge in [-0.3, -0.25) is 9.36 Å². The molecule has 0 radical (unpaired) electrons. The minimum absolute atomic E-state index is 0.235. The molecule has 2 aromatic heterocycles. The third-order valence-electron chi connectivity index (χ3n) is 2.62. The van der Waals surface area contributed by atoms with Gasteiger partial charge in [-0.1, -0.05) is 5.21 Å². The SMILES string of the molecule is CCn1nc(C)cc1C(N)c1cnnn1C. The van der Waals surface area contributed by atoms with E-state index >= 15 is 0 Å². The standard InChI is InChI=1S/C10H16N6/c1-4-16-8(5-7(2)13-16)10(11)9-6-12-14-15(9)3/h5-6,10H,4,11H2,1-3H3. The summed E-state index contributed by atoms with van der Waals surface area (Å²) < 4.78 is 3.60. The molecule has 0 aromatic carbocycles. The van der Waals surface area contributed by atoms with E-state index < -0.39 is 0 Å². The van der Waals surface area contributed by atoms with Gasteiger partial charge in [0.05, 0.1) is 29.3 Å². The van der Waals surface area contributed by atoms with E-state index in [0.717, 1.165) is 23.6 Å². The van der Waals surface area contributed by atoms with E-state index in [1.807, 2.05) is 31.6 Å². The highest BCUT2D eigenvalue weighted by atomic mass is 15.4. The van der Waals surface area contributed by atoms with Gasteiger partial charge in [-0.15, -0.1) is 5.10 Å². The average Bonchev–Trinajstić information content (AvgIpc) is 2.83. The molecule has 0 bridgehead atoms. The number of hydrogen-bond donors (Lipinski definition) is 1. The normalized spacial score (nSPS) is 13.0. The molecule has 0 fully saturated rings. The third kappa shape index (κ3) is 1.71. The topological polar surface area (TPSA) is 74.6 Å². The molecule has 6 nitrogen and oxygen atoms in total. The maximum atomic E-state index is 6.19. The van der Waals surface area contributed by atoms with Crippen molar-refractivity contribution >= 4 is 0 Å². The van der Waals surface area contributed by atoms with Crippen LogP contribution in [0, 0.1) is 6.92 Å². The quantitative estimate of drug-likeness (QED) is 0.811. The summed E-state index contributed by atoms with van der Waals surface area (Å²) in [5.41, 5.74) is 9.04. The zero-order valence-corrected chi connectivity index (χ0v) is 9.75. The monoisotopic (exact) mass is 220 g/mol. The Bertz CT molecular complexity index is 483. The zero-order chi connectivity index (χ0) is 11.7. The molecule has 2 aromatic rings. The summed E-state index contributed by atoms with van der Waals surface area (Å²) in [6.45, 7) is 4.82. The van der Waals surface area contributed by atoms with Crippen LogP contribution in [0.2, 0.25) is 0 Å². The second-order valence-electron chi connectivity index (χ2n) is 3.79. The van der Waals surface area contributed by atoms with Gasteiger partial charge in [-0.25, -0.2) is 0 Å². The fraction of sp³-hybridized carbons (Fsp3) is 0.500. The molecular weight excluding hydrogens is 204 g/mol. The van der Waals surface area contributed by atoms with Crippen LogP contribution in [-0.2, 0) is 13.6 Å². The van der Waals surface area contributed by atoms with E-state index in [0.29, 0.717) is 0 Å². The molecule has 2 rings (SSSR count). The van der Waals surface area contributed by atoms with Crippen molar-refractivity contribution in [1.82, 2.24) is 24.8 Å². The minimum atomic E-state index is -0.235. The fourth-order valence-electron chi connectivity index (χ4n) is 1.80. The number of aryl methyl sites for hydroxylation is 3. The van der Waals surface area contributed by atoms with Crippen LogP contribution in [-0.4, -0.2) is 24.8 Å². The minimum Gasteiger partial charge on any atom is -0.318 e. The summed E-state index contributed by atoms with van der Waals surface area (Å²) in [4.78, 5) is 0. The van der Waals surface area contributed by atoms with Gasteiger partial charge in [0.1, 0.15) is 0 Å². The Kier molecular flexibility index (Phi) is 2.74. The number of nitrogens with two attached hydrogens (primary N) is 1. The number of nitrogens with zero attached hydrogens (tertiary/aromatic N) is 5. The van der Waals surface area contributed by atoms with Crippen LogP contribution < -0.4 is 5.73 Å². The third-order valence-corrected chi connectivity index (χ3v) is 2.62.